The van der Waals surface area contributed by atoms with Gasteiger partial charge in [-0.25, -0.2) is 17.9 Å². The second kappa shape index (κ2) is 12.5. The number of anilines is 3. The zero-order valence-electron chi connectivity index (χ0n) is 20.5. The summed E-state index contributed by atoms with van der Waals surface area (Å²) in [5.74, 6) is -0.906. The third-order valence-electron chi connectivity index (χ3n) is 5.26. The molecule has 3 aromatic rings. The summed E-state index contributed by atoms with van der Waals surface area (Å²) in [6.45, 7) is 2.22. The molecule has 0 aliphatic carbocycles. The number of benzene rings is 3. The highest BCUT2D eigenvalue weighted by molar-refractivity contribution is 7.90. The monoisotopic (exact) mass is 556 g/mol. The summed E-state index contributed by atoms with van der Waals surface area (Å²) in [6.07, 6.45) is 1.50. The summed E-state index contributed by atoms with van der Waals surface area (Å²) in [5, 5.41) is 30.9. The van der Waals surface area contributed by atoms with Crippen LogP contribution < -0.4 is 20.7 Å². The number of carbonyl (C=O) groups is 2. The molecular formula is C24H24N6O8S. The number of unbranched alkanes of at least 4 members (excludes halogenated alkanes) is 1. The molecule has 204 valence electrons. The number of amides is 3. The molecule has 14 nitrogen and oxygen atoms in total. The second-order valence-corrected chi connectivity index (χ2v) is 9.77. The van der Waals surface area contributed by atoms with E-state index in [2.05, 4.69) is 16.0 Å². The van der Waals surface area contributed by atoms with E-state index in [-0.39, 0.29) is 16.1 Å². The van der Waals surface area contributed by atoms with E-state index in [9.17, 15) is 38.2 Å². The molecule has 0 atom stereocenters. The molecule has 0 radical (unpaired) electrons. The molecule has 3 rings (SSSR count). The summed E-state index contributed by atoms with van der Waals surface area (Å²) in [7, 11) is -4.19. The van der Waals surface area contributed by atoms with Crippen LogP contribution in [-0.2, 0) is 10.0 Å². The van der Waals surface area contributed by atoms with Crippen LogP contribution in [0, 0.1) is 20.2 Å². The van der Waals surface area contributed by atoms with Crippen LogP contribution in [0.25, 0.3) is 0 Å². The van der Waals surface area contributed by atoms with Gasteiger partial charge in [0.1, 0.15) is 0 Å². The maximum atomic E-state index is 12.8. The van der Waals surface area contributed by atoms with Crippen molar-refractivity contribution in [2.75, 3.05) is 17.2 Å². The predicted octanol–water partition coefficient (Wildman–Crippen LogP) is 4.29. The molecular weight excluding hydrogens is 532 g/mol. The van der Waals surface area contributed by atoms with E-state index < -0.39 is 48.9 Å². The van der Waals surface area contributed by atoms with Gasteiger partial charge < -0.3 is 16.0 Å². The Balaban J connectivity index is 1.82. The minimum absolute atomic E-state index is 0.100. The highest BCUT2D eigenvalue weighted by Crippen LogP contribution is 2.38. The lowest BCUT2D eigenvalue weighted by atomic mass is 10.1. The van der Waals surface area contributed by atoms with Crippen molar-refractivity contribution < 1.29 is 27.9 Å². The first-order chi connectivity index (χ1) is 18.5. The highest BCUT2D eigenvalue weighted by atomic mass is 32.2. The van der Waals surface area contributed by atoms with Gasteiger partial charge in [-0.2, -0.15) is 0 Å². The van der Waals surface area contributed by atoms with Crippen molar-refractivity contribution in [3.8, 4) is 0 Å². The molecule has 0 saturated carbocycles. The third kappa shape index (κ3) is 7.48. The van der Waals surface area contributed by atoms with E-state index >= 15 is 0 Å². The number of nitro groups is 2. The summed E-state index contributed by atoms with van der Waals surface area (Å²) in [6, 6.07) is 13.7. The molecule has 4 N–H and O–H groups in total. The van der Waals surface area contributed by atoms with Gasteiger partial charge in [0.2, 0.25) is 0 Å². The van der Waals surface area contributed by atoms with E-state index in [0.717, 1.165) is 30.7 Å². The van der Waals surface area contributed by atoms with Crippen molar-refractivity contribution in [1.82, 2.24) is 10.0 Å². The van der Waals surface area contributed by atoms with Crippen LogP contribution in [0.1, 0.15) is 30.1 Å². The number of nitrogens with one attached hydrogen (secondary N) is 4. The van der Waals surface area contributed by atoms with Crippen LogP contribution in [0.15, 0.2) is 71.6 Å². The Morgan fingerprint density at radius 1 is 0.872 bits per heavy atom. The topological polar surface area (TPSA) is 203 Å². The Bertz CT molecular complexity index is 1460. The van der Waals surface area contributed by atoms with Crippen molar-refractivity contribution in [3.05, 3.63) is 92.5 Å². The predicted molar refractivity (Wildman–Crippen MR) is 142 cm³/mol. The van der Waals surface area contributed by atoms with Crippen molar-refractivity contribution in [1.29, 1.82) is 0 Å². The van der Waals surface area contributed by atoms with E-state index in [4.69, 9.17) is 0 Å². The van der Waals surface area contributed by atoms with E-state index in [1.807, 2.05) is 11.6 Å². The highest BCUT2D eigenvalue weighted by Gasteiger charge is 2.29. The average molecular weight is 557 g/mol. The van der Waals surface area contributed by atoms with E-state index in [0.29, 0.717) is 18.7 Å². The number of carbonyl (C=O) groups excluding carboxylic acids is 2. The number of nitro benzene ring substituents is 2. The first-order valence-corrected chi connectivity index (χ1v) is 13.0. The van der Waals surface area contributed by atoms with Gasteiger partial charge in [-0.1, -0.05) is 31.5 Å². The summed E-state index contributed by atoms with van der Waals surface area (Å²) >= 11 is 0. The van der Waals surface area contributed by atoms with Crippen LogP contribution in [0.2, 0.25) is 0 Å². The number of sulfonamides is 1. The quantitative estimate of drug-likeness (QED) is 0.151. The number of hydrogen-bond donors (Lipinski definition) is 4. The van der Waals surface area contributed by atoms with Crippen LogP contribution in [0.5, 0.6) is 0 Å². The molecule has 0 spiro atoms. The van der Waals surface area contributed by atoms with Gasteiger partial charge in [-0.15, -0.1) is 0 Å². The summed E-state index contributed by atoms with van der Waals surface area (Å²) in [5.41, 5.74) is -1.68. The van der Waals surface area contributed by atoms with Gasteiger partial charge in [0.15, 0.2) is 5.69 Å². The minimum atomic E-state index is -4.19. The third-order valence-corrected chi connectivity index (χ3v) is 6.61. The molecule has 0 saturated heterocycles. The molecule has 3 amide bonds. The molecule has 0 heterocycles. The fourth-order valence-electron chi connectivity index (χ4n) is 3.34. The zero-order chi connectivity index (χ0) is 28.6. The summed E-state index contributed by atoms with van der Waals surface area (Å²) < 4.78 is 26.7. The normalized spacial score (nSPS) is 10.8. The Kier molecular flexibility index (Phi) is 9.11. The molecule has 0 unspecified atom stereocenters. The molecule has 3 aromatic carbocycles. The standard InChI is InChI=1S/C24H24N6O8S/c1-2-3-13-25-24(32)28-39(37,38)19-11-9-18(10-12-19)27-23(31)16-14-20(29(33)34)22(21(15-16)30(35)36)26-17-7-5-4-6-8-17/h4-12,14-15,26H,2-3,13H2,1H3,(H,27,31)(H2,25,28,32). The molecule has 0 fully saturated rings. The van der Waals surface area contributed by atoms with Crippen molar-refractivity contribution in [3.63, 3.8) is 0 Å². The van der Waals surface area contributed by atoms with Gasteiger partial charge in [0.05, 0.1) is 20.3 Å². The minimum Gasteiger partial charge on any atom is -0.344 e. The van der Waals surface area contributed by atoms with E-state index in [1.165, 1.54) is 12.1 Å². The number of rotatable bonds is 11. The fraction of sp³-hybridized carbons (Fsp3) is 0.167. The molecule has 0 aromatic heterocycles. The number of urea groups is 1. The molecule has 0 aliphatic rings. The molecule has 0 bridgehead atoms. The van der Waals surface area contributed by atoms with Crippen LogP contribution in [-0.4, -0.2) is 36.7 Å². The lowest BCUT2D eigenvalue weighted by Gasteiger charge is -2.11. The van der Waals surface area contributed by atoms with Gasteiger partial charge in [-0.3, -0.25) is 25.0 Å². The Labute approximate surface area is 222 Å². The first kappa shape index (κ1) is 28.5. The Morgan fingerprint density at radius 2 is 1.46 bits per heavy atom. The lowest BCUT2D eigenvalue weighted by Crippen LogP contribution is -2.39. The van der Waals surface area contributed by atoms with Gasteiger partial charge >= 0.3 is 17.4 Å². The maximum absolute atomic E-state index is 12.8. The number of hydrogen-bond acceptors (Lipinski definition) is 9. The lowest BCUT2D eigenvalue weighted by molar-refractivity contribution is -0.392. The fourth-order valence-corrected chi connectivity index (χ4v) is 4.27. The summed E-state index contributed by atoms with van der Waals surface area (Å²) in [4.78, 5) is 46.1. The Hall–Kier alpha value is -5.05. The van der Waals surface area contributed by atoms with Crippen molar-refractivity contribution in [2.24, 2.45) is 0 Å². The number of nitrogens with zero attached hydrogens (tertiary/aromatic N) is 2. The SMILES string of the molecule is CCCCNC(=O)NS(=O)(=O)c1ccc(NC(=O)c2cc([N+](=O)[O-])c(Nc3ccccc3)c([N+](=O)[O-])c2)cc1. The number of para-hydroxylation sites is 1. The van der Waals surface area contributed by atoms with Crippen LogP contribution in [0.4, 0.5) is 33.2 Å². The van der Waals surface area contributed by atoms with E-state index in [1.54, 1.807) is 30.3 Å². The van der Waals surface area contributed by atoms with Crippen molar-refractivity contribution >= 4 is 50.4 Å². The van der Waals surface area contributed by atoms with Crippen LogP contribution >= 0.6 is 0 Å². The average Bonchev–Trinajstić information content (AvgIpc) is 2.89. The second-order valence-electron chi connectivity index (χ2n) is 8.09. The van der Waals surface area contributed by atoms with Crippen molar-refractivity contribution in [2.45, 2.75) is 24.7 Å². The smallest absolute Gasteiger partial charge is 0.328 e. The van der Waals surface area contributed by atoms with Crippen LogP contribution in [0.3, 0.4) is 0 Å². The van der Waals surface area contributed by atoms with Gasteiger partial charge in [0, 0.05) is 30.1 Å². The molecule has 15 heteroatoms. The molecule has 39 heavy (non-hydrogen) atoms. The maximum Gasteiger partial charge on any atom is 0.328 e. The first-order valence-electron chi connectivity index (χ1n) is 11.5. The Morgan fingerprint density at radius 3 is 2.00 bits per heavy atom. The molecule has 0 aliphatic heterocycles. The zero-order valence-corrected chi connectivity index (χ0v) is 21.4. The van der Waals surface area contributed by atoms with Gasteiger partial charge in [-0.05, 0) is 42.8 Å². The van der Waals surface area contributed by atoms with Gasteiger partial charge in [0.25, 0.3) is 15.9 Å². The largest absolute Gasteiger partial charge is 0.344 e.